The van der Waals surface area contributed by atoms with Crippen molar-refractivity contribution in [1.82, 2.24) is 20.9 Å². The summed E-state index contributed by atoms with van der Waals surface area (Å²) >= 11 is 0. The molecule has 0 unspecified atom stereocenters. The van der Waals surface area contributed by atoms with E-state index in [9.17, 15) is 19.2 Å². The first-order valence-corrected chi connectivity index (χ1v) is 8.07. The van der Waals surface area contributed by atoms with E-state index >= 15 is 0 Å². The first-order valence-electron chi connectivity index (χ1n) is 8.07. The predicted molar refractivity (Wildman–Crippen MR) is 90.6 cm³/mol. The molecule has 25 heavy (non-hydrogen) atoms. The quantitative estimate of drug-likeness (QED) is 0.687. The van der Waals surface area contributed by atoms with Crippen molar-refractivity contribution in [1.29, 1.82) is 0 Å². The summed E-state index contributed by atoms with van der Waals surface area (Å²) in [5.74, 6) is -1.28. The fourth-order valence-corrected chi connectivity index (χ4v) is 2.70. The molecular formula is C17H22N4O4. The number of imide groups is 2. The molecule has 0 bridgehead atoms. The van der Waals surface area contributed by atoms with Gasteiger partial charge in [0.05, 0.1) is 0 Å². The molecule has 1 aromatic rings. The molecule has 1 saturated heterocycles. The number of carbonyl (C=O) groups is 4. The maximum absolute atomic E-state index is 12.7. The predicted octanol–water partition coefficient (Wildman–Crippen LogP) is 0.862. The van der Waals surface area contributed by atoms with Crippen LogP contribution in [0, 0.1) is 0 Å². The summed E-state index contributed by atoms with van der Waals surface area (Å²) in [6.07, 6.45) is 1.95. The fraction of sp³-hybridized carbons (Fsp3) is 0.412. The number of aryl methyl sites for hydroxylation is 1. The number of hydrogen-bond donors (Lipinski definition) is 3. The van der Waals surface area contributed by atoms with Crippen LogP contribution in [-0.4, -0.2) is 42.4 Å². The summed E-state index contributed by atoms with van der Waals surface area (Å²) in [6.45, 7) is 3.15. The SMILES string of the molecule is CCCc1ccc([C@]2(C)NC(=O)N(CC(=O)NC(=O)NC)C2=O)cc1. The molecule has 1 heterocycles. The van der Waals surface area contributed by atoms with Crippen molar-refractivity contribution in [3.05, 3.63) is 35.4 Å². The molecule has 1 atom stereocenters. The molecule has 0 aliphatic carbocycles. The molecule has 0 radical (unpaired) electrons. The highest BCUT2D eigenvalue weighted by Gasteiger charge is 2.49. The molecule has 8 nitrogen and oxygen atoms in total. The summed E-state index contributed by atoms with van der Waals surface area (Å²) in [7, 11) is 1.36. The number of carbonyl (C=O) groups excluding carboxylic acids is 4. The van der Waals surface area contributed by atoms with Gasteiger partial charge in [-0.3, -0.25) is 19.8 Å². The van der Waals surface area contributed by atoms with Gasteiger partial charge < -0.3 is 10.6 Å². The van der Waals surface area contributed by atoms with Crippen LogP contribution in [0.2, 0.25) is 0 Å². The maximum Gasteiger partial charge on any atom is 0.325 e. The molecule has 0 spiro atoms. The Bertz CT molecular complexity index is 701. The van der Waals surface area contributed by atoms with E-state index in [-0.39, 0.29) is 0 Å². The highest BCUT2D eigenvalue weighted by molar-refractivity contribution is 6.10. The van der Waals surface area contributed by atoms with Crippen molar-refractivity contribution in [2.24, 2.45) is 0 Å². The van der Waals surface area contributed by atoms with E-state index in [4.69, 9.17) is 0 Å². The molecule has 1 fully saturated rings. The minimum atomic E-state index is -1.24. The van der Waals surface area contributed by atoms with E-state index in [1.54, 1.807) is 19.1 Å². The topological polar surface area (TPSA) is 108 Å². The van der Waals surface area contributed by atoms with E-state index in [1.165, 1.54) is 7.05 Å². The van der Waals surface area contributed by atoms with Crippen LogP contribution >= 0.6 is 0 Å². The molecule has 3 N–H and O–H groups in total. The Morgan fingerprint density at radius 3 is 2.40 bits per heavy atom. The van der Waals surface area contributed by atoms with E-state index < -0.39 is 36.0 Å². The standard InChI is InChI=1S/C17H22N4O4/c1-4-5-11-6-8-12(9-7-11)17(2)14(23)21(16(25)20-17)10-13(22)19-15(24)18-3/h6-9H,4-5,10H2,1-3H3,(H,20,25)(H2,18,19,22,24)/t17-/m0/s1. The third-order valence-corrected chi connectivity index (χ3v) is 4.13. The van der Waals surface area contributed by atoms with Gasteiger partial charge in [-0.1, -0.05) is 37.6 Å². The number of benzene rings is 1. The zero-order valence-electron chi connectivity index (χ0n) is 14.5. The van der Waals surface area contributed by atoms with Crippen molar-refractivity contribution >= 4 is 23.9 Å². The number of amides is 6. The molecule has 1 aliphatic heterocycles. The van der Waals surface area contributed by atoms with Gasteiger partial charge in [0.15, 0.2) is 0 Å². The first-order chi connectivity index (χ1) is 11.8. The Kier molecular flexibility index (Phi) is 5.41. The van der Waals surface area contributed by atoms with Gasteiger partial charge in [0.1, 0.15) is 12.1 Å². The maximum atomic E-state index is 12.7. The van der Waals surface area contributed by atoms with Gasteiger partial charge in [-0.2, -0.15) is 0 Å². The molecule has 1 aromatic carbocycles. The normalized spacial score (nSPS) is 19.6. The highest BCUT2D eigenvalue weighted by Crippen LogP contribution is 2.29. The first kappa shape index (κ1) is 18.4. The lowest BCUT2D eigenvalue weighted by molar-refractivity contribution is -0.134. The lowest BCUT2D eigenvalue weighted by Gasteiger charge is -2.22. The Hall–Kier alpha value is -2.90. The van der Waals surface area contributed by atoms with Crippen molar-refractivity contribution < 1.29 is 19.2 Å². The Labute approximate surface area is 145 Å². The molecule has 2 rings (SSSR count). The lowest BCUT2D eigenvalue weighted by atomic mass is 9.91. The zero-order valence-corrected chi connectivity index (χ0v) is 14.5. The monoisotopic (exact) mass is 346 g/mol. The van der Waals surface area contributed by atoms with Crippen LogP contribution in [0.15, 0.2) is 24.3 Å². The van der Waals surface area contributed by atoms with Gasteiger partial charge in [-0.05, 0) is 24.5 Å². The number of rotatable bonds is 5. The second-order valence-corrected chi connectivity index (χ2v) is 6.02. The number of nitrogens with one attached hydrogen (secondary N) is 3. The van der Waals surface area contributed by atoms with E-state index in [2.05, 4.69) is 17.6 Å². The molecule has 1 aliphatic rings. The van der Waals surface area contributed by atoms with E-state index in [1.807, 2.05) is 17.4 Å². The third-order valence-electron chi connectivity index (χ3n) is 4.13. The van der Waals surface area contributed by atoms with Gasteiger partial charge in [-0.25, -0.2) is 9.59 Å². The Balaban J connectivity index is 2.15. The lowest BCUT2D eigenvalue weighted by Crippen LogP contribution is -2.46. The second kappa shape index (κ2) is 7.33. The molecule has 6 amide bonds. The van der Waals surface area contributed by atoms with E-state index in [0.717, 1.165) is 23.3 Å². The van der Waals surface area contributed by atoms with Crippen LogP contribution in [-0.2, 0) is 21.5 Å². The van der Waals surface area contributed by atoms with Crippen LogP contribution in [0.5, 0.6) is 0 Å². The molecular weight excluding hydrogens is 324 g/mol. The fourth-order valence-electron chi connectivity index (χ4n) is 2.70. The summed E-state index contributed by atoms with van der Waals surface area (Å²) in [4.78, 5) is 48.6. The summed E-state index contributed by atoms with van der Waals surface area (Å²) < 4.78 is 0. The molecule has 134 valence electrons. The Morgan fingerprint density at radius 2 is 1.84 bits per heavy atom. The minimum Gasteiger partial charge on any atom is -0.341 e. The largest absolute Gasteiger partial charge is 0.341 e. The summed E-state index contributed by atoms with van der Waals surface area (Å²) in [5, 5.41) is 6.88. The van der Waals surface area contributed by atoms with Gasteiger partial charge in [0.25, 0.3) is 5.91 Å². The molecule has 0 aromatic heterocycles. The zero-order chi connectivity index (χ0) is 18.6. The van der Waals surface area contributed by atoms with Crippen LogP contribution in [0.1, 0.15) is 31.4 Å². The number of urea groups is 2. The Morgan fingerprint density at radius 1 is 1.20 bits per heavy atom. The van der Waals surface area contributed by atoms with Crippen LogP contribution < -0.4 is 16.0 Å². The van der Waals surface area contributed by atoms with Crippen molar-refractivity contribution in [2.75, 3.05) is 13.6 Å². The van der Waals surface area contributed by atoms with Crippen molar-refractivity contribution in [2.45, 2.75) is 32.2 Å². The third kappa shape index (κ3) is 3.78. The van der Waals surface area contributed by atoms with Gasteiger partial charge in [-0.15, -0.1) is 0 Å². The average Bonchev–Trinajstić information content (AvgIpc) is 2.80. The smallest absolute Gasteiger partial charge is 0.325 e. The van der Waals surface area contributed by atoms with E-state index in [0.29, 0.717) is 5.56 Å². The van der Waals surface area contributed by atoms with Crippen molar-refractivity contribution in [3.8, 4) is 0 Å². The number of nitrogens with zero attached hydrogens (tertiary/aromatic N) is 1. The van der Waals surface area contributed by atoms with Gasteiger partial charge in [0, 0.05) is 7.05 Å². The number of hydrogen-bond acceptors (Lipinski definition) is 4. The van der Waals surface area contributed by atoms with Crippen LogP contribution in [0.4, 0.5) is 9.59 Å². The van der Waals surface area contributed by atoms with Gasteiger partial charge in [0.2, 0.25) is 5.91 Å². The second-order valence-electron chi connectivity index (χ2n) is 6.02. The van der Waals surface area contributed by atoms with Crippen LogP contribution in [0.3, 0.4) is 0 Å². The van der Waals surface area contributed by atoms with Gasteiger partial charge >= 0.3 is 12.1 Å². The summed E-state index contributed by atoms with van der Waals surface area (Å²) in [6, 6.07) is 6.08. The summed E-state index contributed by atoms with van der Waals surface area (Å²) in [5.41, 5.74) is 0.545. The van der Waals surface area contributed by atoms with Crippen molar-refractivity contribution in [3.63, 3.8) is 0 Å². The van der Waals surface area contributed by atoms with Crippen LogP contribution in [0.25, 0.3) is 0 Å². The molecule has 8 heteroatoms. The minimum absolute atomic E-state index is 0.526. The molecule has 0 saturated carbocycles. The highest BCUT2D eigenvalue weighted by atomic mass is 16.2. The average molecular weight is 346 g/mol.